The quantitative estimate of drug-likeness (QED) is 0.719. The van der Waals surface area contributed by atoms with E-state index in [0.717, 1.165) is 11.1 Å². The molecule has 0 saturated heterocycles. The van der Waals surface area contributed by atoms with Crippen molar-refractivity contribution in [2.24, 2.45) is 0 Å². The summed E-state index contributed by atoms with van der Waals surface area (Å²) in [6, 6.07) is 12.5. The molecule has 1 heterocycles. The molecule has 0 bridgehead atoms. The standard InChI is InChI=1S/C21H22N2O6/c1-13-6-5-7-15(14(13)2)23-19(24)10-22-20(25)12-28-21(26)18-11-27-16-8-3-4-9-17(16)29-18/h3-9,18H,10-12H2,1-2H3,(H,22,25)(H,23,24)/t18-/m1/s1. The van der Waals surface area contributed by atoms with Gasteiger partial charge in [-0.05, 0) is 43.2 Å². The van der Waals surface area contributed by atoms with Crippen molar-refractivity contribution in [1.29, 1.82) is 0 Å². The smallest absolute Gasteiger partial charge is 0.351 e. The van der Waals surface area contributed by atoms with Crippen LogP contribution in [0.15, 0.2) is 42.5 Å². The maximum atomic E-state index is 12.1. The van der Waals surface area contributed by atoms with Crippen LogP contribution >= 0.6 is 0 Å². The minimum atomic E-state index is -0.953. The third-order valence-corrected chi connectivity index (χ3v) is 4.44. The number of hydrogen-bond acceptors (Lipinski definition) is 6. The molecule has 152 valence electrons. The van der Waals surface area contributed by atoms with E-state index in [4.69, 9.17) is 14.2 Å². The van der Waals surface area contributed by atoms with Crippen LogP contribution in [0.25, 0.3) is 0 Å². The normalized spacial score (nSPS) is 14.6. The molecule has 8 heteroatoms. The van der Waals surface area contributed by atoms with Gasteiger partial charge in [-0.3, -0.25) is 9.59 Å². The predicted molar refractivity (Wildman–Crippen MR) is 105 cm³/mol. The Labute approximate surface area is 168 Å². The largest absolute Gasteiger partial charge is 0.485 e. The van der Waals surface area contributed by atoms with Gasteiger partial charge in [-0.2, -0.15) is 0 Å². The zero-order chi connectivity index (χ0) is 20.8. The summed E-state index contributed by atoms with van der Waals surface area (Å²) in [5.74, 6) is -0.697. The zero-order valence-corrected chi connectivity index (χ0v) is 16.2. The topological polar surface area (TPSA) is 103 Å². The van der Waals surface area contributed by atoms with E-state index in [2.05, 4.69) is 10.6 Å². The van der Waals surface area contributed by atoms with E-state index in [0.29, 0.717) is 17.2 Å². The van der Waals surface area contributed by atoms with Gasteiger partial charge in [0.15, 0.2) is 18.1 Å². The molecule has 1 atom stereocenters. The first kappa shape index (κ1) is 20.2. The molecule has 8 nitrogen and oxygen atoms in total. The molecule has 0 unspecified atom stereocenters. The highest BCUT2D eigenvalue weighted by atomic mass is 16.6. The van der Waals surface area contributed by atoms with Gasteiger partial charge in [0.25, 0.3) is 5.91 Å². The summed E-state index contributed by atoms with van der Waals surface area (Å²) >= 11 is 0. The summed E-state index contributed by atoms with van der Waals surface area (Å²) in [6.45, 7) is 3.09. The van der Waals surface area contributed by atoms with Gasteiger partial charge in [-0.1, -0.05) is 24.3 Å². The monoisotopic (exact) mass is 398 g/mol. The van der Waals surface area contributed by atoms with E-state index in [-0.39, 0.29) is 19.1 Å². The summed E-state index contributed by atoms with van der Waals surface area (Å²) < 4.78 is 15.9. The molecule has 1 aliphatic rings. The van der Waals surface area contributed by atoms with E-state index in [9.17, 15) is 14.4 Å². The fraction of sp³-hybridized carbons (Fsp3) is 0.286. The van der Waals surface area contributed by atoms with Gasteiger partial charge in [0.05, 0.1) is 6.54 Å². The number of ether oxygens (including phenoxy) is 3. The Morgan fingerprint density at radius 1 is 1.03 bits per heavy atom. The van der Waals surface area contributed by atoms with Crippen LogP contribution in [-0.2, 0) is 19.1 Å². The Morgan fingerprint density at radius 2 is 1.79 bits per heavy atom. The van der Waals surface area contributed by atoms with Crippen molar-refractivity contribution in [2.75, 3.05) is 25.1 Å². The van der Waals surface area contributed by atoms with Crippen molar-refractivity contribution in [3.05, 3.63) is 53.6 Å². The number of rotatable bonds is 6. The van der Waals surface area contributed by atoms with Crippen molar-refractivity contribution < 1.29 is 28.6 Å². The molecule has 1 aliphatic heterocycles. The second-order valence-electron chi connectivity index (χ2n) is 6.54. The lowest BCUT2D eigenvalue weighted by molar-refractivity contribution is -0.157. The average Bonchev–Trinajstić information content (AvgIpc) is 2.73. The van der Waals surface area contributed by atoms with Gasteiger partial charge in [-0.15, -0.1) is 0 Å². The van der Waals surface area contributed by atoms with Crippen LogP contribution in [0.2, 0.25) is 0 Å². The van der Waals surface area contributed by atoms with E-state index in [1.54, 1.807) is 30.3 Å². The molecular weight excluding hydrogens is 376 g/mol. The minimum Gasteiger partial charge on any atom is -0.485 e. The Balaban J connectivity index is 1.40. The van der Waals surface area contributed by atoms with E-state index in [1.807, 2.05) is 26.0 Å². The number of benzene rings is 2. The molecule has 0 aliphatic carbocycles. The average molecular weight is 398 g/mol. The van der Waals surface area contributed by atoms with Gasteiger partial charge in [0, 0.05) is 5.69 Å². The molecule has 2 aromatic rings. The molecule has 3 rings (SSSR count). The summed E-state index contributed by atoms with van der Waals surface area (Å²) in [5.41, 5.74) is 2.69. The lowest BCUT2D eigenvalue weighted by Crippen LogP contribution is -2.40. The second kappa shape index (κ2) is 9.09. The molecule has 2 amide bonds. The number of hydrogen-bond donors (Lipinski definition) is 2. The number of nitrogens with one attached hydrogen (secondary N) is 2. The van der Waals surface area contributed by atoms with Crippen LogP contribution < -0.4 is 20.1 Å². The maximum Gasteiger partial charge on any atom is 0.351 e. The summed E-state index contributed by atoms with van der Waals surface area (Å²) in [5, 5.41) is 5.14. The lowest BCUT2D eigenvalue weighted by Gasteiger charge is -2.24. The first-order valence-corrected chi connectivity index (χ1v) is 9.12. The van der Waals surface area contributed by atoms with Crippen molar-refractivity contribution in [3.8, 4) is 11.5 Å². The Kier molecular flexibility index (Phi) is 6.33. The fourth-order valence-corrected chi connectivity index (χ4v) is 2.68. The van der Waals surface area contributed by atoms with Crippen LogP contribution in [0.3, 0.4) is 0 Å². The van der Waals surface area contributed by atoms with Crippen LogP contribution in [-0.4, -0.2) is 43.6 Å². The molecule has 0 fully saturated rings. The molecule has 2 N–H and O–H groups in total. The Morgan fingerprint density at radius 3 is 2.59 bits per heavy atom. The van der Waals surface area contributed by atoms with E-state index in [1.165, 1.54) is 0 Å². The first-order valence-electron chi connectivity index (χ1n) is 9.12. The fourth-order valence-electron chi connectivity index (χ4n) is 2.68. The van der Waals surface area contributed by atoms with E-state index < -0.39 is 24.6 Å². The van der Waals surface area contributed by atoms with Crippen molar-refractivity contribution in [3.63, 3.8) is 0 Å². The first-order chi connectivity index (χ1) is 13.9. The Hall–Kier alpha value is -3.55. The number of fused-ring (bicyclic) bond motifs is 1. The van der Waals surface area contributed by atoms with Gasteiger partial charge in [0.2, 0.25) is 12.0 Å². The van der Waals surface area contributed by atoms with Crippen LogP contribution in [0, 0.1) is 13.8 Å². The number of carbonyl (C=O) groups excluding carboxylic acids is 3. The van der Waals surface area contributed by atoms with Crippen molar-refractivity contribution >= 4 is 23.5 Å². The molecular formula is C21H22N2O6. The number of carbonyl (C=O) groups is 3. The number of amides is 2. The molecule has 0 spiro atoms. The van der Waals surface area contributed by atoms with Crippen LogP contribution in [0.4, 0.5) is 5.69 Å². The number of esters is 1. The minimum absolute atomic E-state index is 0.00425. The highest BCUT2D eigenvalue weighted by Crippen LogP contribution is 2.31. The zero-order valence-electron chi connectivity index (χ0n) is 16.2. The van der Waals surface area contributed by atoms with E-state index >= 15 is 0 Å². The van der Waals surface area contributed by atoms with Crippen molar-refractivity contribution in [2.45, 2.75) is 20.0 Å². The molecule has 0 aromatic heterocycles. The molecule has 0 saturated carbocycles. The SMILES string of the molecule is Cc1cccc(NC(=O)CNC(=O)COC(=O)[C@H]2COc3ccccc3O2)c1C. The summed E-state index contributed by atoms with van der Waals surface area (Å²) in [4.78, 5) is 36.0. The van der Waals surface area contributed by atoms with Gasteiger partial charge >= 0.3 is 5.97 Å². The number of aryl methyl sites for hydroxylation is 1. The molecule has 0 radical (unpaired) electrons. The van der Waals surface area contributed by atoms with Crippen LogP contribution in [0.5, 0.6) is 11.5 Å². The molecule has 29 heavy (non-hydrogen) atoms. The van der Waals surface area contributed by atoms with Gasteiger partial charge in [0.1, 0.15) is 6.61 Å². The van der Waals surface area contributed by atoms with Gasteiger partial charge in [-0.25, -0.2) is 4.79 Å². The summed E-state index contributed by atoms with van der Waals surface area (Å²) in [7, 11) is 0. The predicted octanol–water partition coefficient (Wildman–Crippen LogP) is 1.74. The van der Waals surface area contributed by atoms with Gasteiger partial charge < -0.3 is 24.8 Å². The maximum absolute atomic E-state index is 12.1. The highest BCUT2D eigenvalue weighted by Gasteiger charge is 2.29. The number of para-hydroxylation sites is 2. The van der Waals surface area contributed by atoms with Crippen LogP contribution in [0.1, 0.15) is 11.1 Å². The number of anilines is 1. The third-order valence-electron chi connectivity index (χ3n) is 4.44. The highest BCUT2D eigenvalue weighted by molar-refractivity contribution is 5.95. The summed E-state index contributed by atoms with van der Waals surface area (Å²) in [6.07, 6.45) is -0.953. The van der Waals surface area contributed by atoms with Crippen molar-refractivity contribution in [1.82, 2.24) is 5.32 Å². The lowest BCUT2D eigenvalue weighted by atomic mass is 10.1. The second-order valence-corrected chi connectivity index (χ2v) is 6.54. The Bertz CT molecular complexity index is 927. The third kappa shape index (κ3) is 5.25. The molecule has 2 aromatic carbocycles.